The lowest BCUT2D eigenvalue weighted by Gasteiger charge is -2.38. The van der Waals surface area contributed by atoms with E-state index in [1.807, 2.05) is 23.9 Å². The Hall–Kier alpha value is -1.83. The number of aliphatic hydroxyl groups excluding tert-OH is 1. The quantitative estimate of drug-likeness (QED) is 0.850. The predicted octanol–water partition coefficient (Wildman–Crippen LogP) is 1.56. The smallest absolute Gasteiger partial charge is 0.182 e. The zero-order valence-electron chi connectivity index (χ0n) is 16.3. The summed E-state index contributed by atoms with van der Waals surface area (Å²) in [7, 11) is 4.14. The monoisotopic (exact) mass is 370 g/mol. The average molecular weight is 371 g/mol. The van der Waals surface area contributed by atoms with Crippen LogP contribution in [0.4, 0.5) is 0 Å². The normalized spacial score (nSPS) is 27.7. The lowest BCUT2D eigenvalue weighted by molar-refractivity contribution is 0.0695. The van der Waals surface area contributed by atoms with Gasteiger partial charge in [-0.2, -0.15) is 5.10 Å². The van der Waals surface area contributed by atoms with Gasteiger partial charge in [0, 0.05) is 43.0 Å². The number of rotatable bonds is 4. The molecular formula is C20H30N6O. The van der Waals surface area contributed by atoms with Crippen molar-refractivity contribution in [3.8, 4) is 11.4 Å². The lowest BCUT2D eigenvalue weighted by atomic mass is 9.82. The van der Waals surface area contributed by atoms with E-state index in [-0.39, 0.29) is 12.1 Å². The number of hydrogen-bond donors (Lipinski definition) is 2. The molecule has 0 unspecified atom stereocenters. The van der Waals surface area contributed by atoms with E-state index < -0.39 is 0 Å². The summed E-state index contributed by atoms with van der Waals surface area (Å²) in [5.41, 5.74) is 0.941. The van der Waals surface area contributed by atoms with Crippen LogP contribution in [0.2, 0.25) is 0 Å². The maximum absolute atomic E-state index is 10.5. The summed E-state index contributed by atoms with van der Waals surface area (Å²) in [5, 5.41) is 18.9. The topological polar surface area (TPSA) is 79.1 Å². The molecule has 3 atom stereocenters. The zero-order chi connectivity index (χ0) is 18.8. The van der Waals surface area contributed by atoms with Crippen LogP contribution in [0.15, 0.2) is 24.5 Å². The summed E-state index contributed by atoms with van der Waals surface area (Å²) in [5.74, 6) is 2.06. The van der Waals surface area contributed by atoms with Crippen LogP contribution in [0, 0.1) is 0 Å². The van der Waals surface area contributed by atoms with Gasteiger partial charge in [0.1, 0.15) is 5.82 Å². The largest absolute Gasteiger partial charge is 0.392 e. The molecule has 7 nitrogen and oxygen atoms in total. The second-order valence-corrected chi connectivity index (χ2v) is 8.09. The van der Waals surface area contributed by atoms with E-state index in [0.717, 1.165) is 62.4 Å². The fraction of sp³-hybridized carbons (Fsp3) is 0.650. The third kappa shape index (κ3) is 4.20. The molecule has 2 N–H and O–H groups in total. The lowest BCUT2D eigenvalue weighted by Crippen LogP contribution is -2.51. The Morgan fingerprint density at radius 2 is 1.96 bits per heavy atom. The van der Waals surface area contributed by atoms with Gasteiger partial charge in [-0.05, 0) is 64.4 Å². The summed E-state index contributed by atoms with van der Waals surface area (Å²) < 4.78 is 1.90. The molecule has 27 heavy (non-hydrogen) atoms. The van der Waals surface area contributed by atoms with Gasteiger partial charge >= 0.3 is 0 Å². The zero-order valence-corrected chi connectivity index (χ0v) is 16.3. The first-order chi connectivity index (χ1) is 13.1. The van der Waals surface area contributed by atoms with E-state index in [1.54, 1.807) is 12.4 Å². The minimum absolute atomic E-state index is 0.135. The molecule has 2 aromatic rings. The summed E-state index contributed by atoms with van der Waals surface area (Å²) in [4.78, 5) is 11.4. The first-order valence-electron chi connectivity index (χ1n) is 10.0. The Morgan fingerprint density at radius 1 is 1.15 bits per heavy atom. The van der Waals surface area contributed by atoms with E-state index in [1.165, 1.54) is 0 Å². The van der Waals surface area contributed by atoms with Crippen LogP contribution in [0.3, 0.4) is 0 Å². The molecule has 0 spiro atoms. The van der Waals surface area contributed by atoms with Crippen LogP contribution >= 0.6 is 0 Å². The number of nitrogens with zero attached hydrogens (tertiary/aromatic N) is 5. The van der Waals surface area contributed by atoms with Crippen LogP contribution in [0.1, 0.15) is 43.8 Å². The molecule has 0 bridgehead atoms. The maximum atomic E-state index is 10.5. The number of hydrogen-bond acceptors (Lipinski definition) is 6. The van der Waals surface area contributed by atoms with Crippen molar-refractivity contribution < 1.29 is 5.11 Å². The molecule has 4 rings (SSSR count). The fourth-order valence-electron chi connectivity index (χ4n) is 4.42. The highest BCUT2D eigenvalue weighted by Gasteiger charge is 2.34. The van der Waals surface area contributed by atoms with Crippen molar-refractivity contribution in [1.29, 1.82) is 0 Å². The minimum Gasteiger partial charge on any atom is -0.392 e. The van der Waals surface area contributed by atoms with E-state index in [0.29, 0.717) is 12.0 Å². The molecule has 146 valence electrons. The number of piperidine rings is 1. The number of aliphatic hydroxyl groups is 1. The Balaban J connectivity index is 1.45. The standard InChI is InChI=1S/C20H30N6O/c1-25-10-7-16(8-11-25)22-17-12-14(5-6-18(17)27)20-23-19(24-26(20)2)15-4-3-9-21-13-15/h3-4,9,13-14,16-18,22,27H,5-8,10-12H2,1-2H3/t14-,17+,18+/m0/s1. The van der Waals surface area contributed by atoms with Gasteiger partial charge in [0.25, 0.3) is 0 Å². The molecule has 1 aliphatic heterocycles. The van der Waals surface area contributed by atoms with E-state index in [2.05, 4.69) is 27.3 Å². The molecule has 2 aromatic heterocycles. The van der Waals surface area contributed by atoms with Gasteiger partial charge in [-0.3, -0.25) is 9.67 Å². The van der Waals surface area contributed by atoms with Crippen molar-refractivity contribution in [2.45, 2.75) is 56.2 Å². The first kappa shape index (κ1) is 18.5. The average Bonchev–Trinajstić information content (AvgIpc) is 3.08. The fourth-order valence-corrected chi connectivity index (χ4v) is 4.42. The summed E-state index contributed by atoms with van der Waals surface area (Å²) in [6.07, 6.45) is 8.26. The van der Waals surface area contributed by atoms with Crippen molar-refractivity contribution in [2.75, 3.05) is 20.1 Å². The van der Waals surface area contributed by atoms with Gasteiger partial charge < -0.3 is 15.3 Å². The van der Waals surface area contributed by atoms with Crippen molar-refractivity contribution in [2.24, 2.45) is 7.05 Å². The molecule has 1 saturated carbocycles. The van der Waals surface area contributed by atoms with Crippen LogP contribution in [-0.4, -0.2) is 68.1 Å². The summed E-state index contributed by atoms with van der Waals surface area (Å²) in [6, 6.07) is 4.53. The highest BCUT2D eigenvalue weighted by atomic mass is 16.3. The van der Waals surface area contributed by atoms with Crippen molar-refractivity contribution in [1.82, 2.24) is 30.0 Å². The molecular weight excluding hydrogens is 340 g/mol. The second kappa shape index (κ2) is 8.04. The number of likely N-dealkylation sites (tertiary alicyclic amines) is 1. The molecule has 0 radical (unpaired) electrons. The molecule has 1 aliphatic carbocycles. The van der Waals surface area contributed by atoms with Crippen molar-refractivity contribution >= 4 is 0 Å². The molecule has 7 heteroatoms. The van der Waals surface area contributed by atoms with Crippen molar-refractivity contribution in [3.63, 3.8) is 0 Å². The van der Waals surface area contributed by atoms with Gasteiger partial charge in [0.05, 0.1) is 6.10 Å². The van der Waals surface area contributed by atoms with Gasteiger partial charge in [0.15, 0.2) is 5.82 Å². The highest BCUT2D eigenvalue weighted by molar-refractivity contribution is 5.52. The third-order valence-corrected chi connectivity index (χ3v) is 6.06. The first-order valence-corrected chi connectivity index (χ1v) is 10.0. The van der Waals surface area contributed by atoms with Crippen LogP contribution in [0.5, 0.6) is 0 Å². The second-order valence-electron chi connectivity index (χ2n) is 8.09. The van der Waals surface area contributed by atoms with Gasteiger partial charge in [0.2, 0.25) is 0 Å². The van der Waals surface area contributed by atoms with Gasteiger partial charge in [-0.15, -0.1) is 0 Å². The molecule has 3 heterocycles. The molecule has 0 amide bonds. The van der Waals surface area contributed by atoms with Crippen LogP contribution in [0.25, 0.3) is 11.4 Å². The van der Waals surface area contributed by atoms with E-state index >= 15 is 0 Å². The number of aryl methyl sites for hydroxylation is 1. The number of pyridine rings is 1. The molecule has 0 aromatic carbocycles. The Kier molecular flexibility index (Phi) is 5.52. The van der Waals surface area contributed by atoms with Crippen molar-refractivity contribution in [3.05, 3.63) is 30.4 Å². The highest BCUT2D eigenvalue weighted by Crippen LogP contribution is 2.33. The SMILES string of the molecule is CN1CCC(N[C@@H]2C[C@@H](c3nc(-c4cccnc4)nn3C)CC[C@H]2O)CC1. The number of aromatic nitrogens is 4. The van der Waals surface area contributed by atoms with Gasteiger partial charge in [-0.25, -0.2) is 4.98 Å². The third-order valence-electron chi connectivity index (χ3n) is 6.06. The Morgan fingerprint density at radius 3 is 2.70 bits per heavy atom. The molecule has 1 saturated heterocycles. The van der Waals surface area contributed by atoms with Crippen LogP contribution in [-0.2, 0) is 7.05 Å². The Labute approximate surface area is 160 Å². The summed E-state index contributed by atoms with van der Waals surface area (Å²) >= 11 is 0. The maximum Gasteiger partial charge on any atom is 0.182 e. The van der Waals surface area contributed by atoms with Gasteiger partial charge in [-0.1, -0.05) is 0 Å². The van der Waals surface area contributed by atoms with E-state index in [9.17, 15) is 5.11 Å². The predicted molar refractivity (Wildman–Crippen MR) is 104 cm³/mol. The summed E-state index contributed by atoms with van der Waals surface area (Å²) in [6.45, 7) is 2.25. The molecule has 2 fully saturated rings. The van der Waals surface area contributed by atoms with E-state index in [4.69, 9.17) is 4.98 Å². The molecule has 2 aliphatic rings. The van der Waals surface area contributed by atoms with Crippen LogP contribution < -0.4 is 5.32 Å². The Bertz CT molecular complexity index is 740. The minimum atomic E-state index is -0.271. The number of nitrogens with one attached hydrogen (secondary N) is 1.